The van der Waals surface area contributed by atoms with Crippen LogP contribution in [0.2, 0.25) is 0 Å². The number of hydrazone groups is 1. The lowest BCUT2D eigenvalue weighted by Crippen LogP contribution is -2.35. The molecule has 1 rings (SSSR count). The number of thioether (sulfide) groups is 1. The van der Waals surface area contributed by atoms with Crippen LogP contribution in [0.5, 0.6) is 0 Å². The van der Waals surface area contributed by atoms with Gasteiger partial charge in [0.15, 0.2) is 11.8 Å². The van der Waals surface area contributed by atoms with Crippen molar-refractivity contribution >= 4 is 40.9 Å². The predicted molar refractivity (Wildman–Crippen MR) is 80.1 cm³/mol. The fraction of sp³-hybridized carbons (Fsp3) is 0.800. The lowest BCUT2D eigenvalue weighted by Gasteiger charge is -2.36. The van der Waals surface area contributed by atoms with Crippen LogP contribution in [0.1, 0.15) is 34.6 Å². The van der Waals surface area contributed by atoms with Crippen molar-refractivity contribution in [2.45, 2.75) is 46.7 Å². The summed E-state index contributed by atoms with van der Waals surface area (Å²) in [6, 6.07) is 0.818. The maximum atomic E-state index is 11.7. The first-order valence-corrected chi connectivity index (χ1v) is 9.47. The van der Waals surface area contributed by atoms with E-state index in [1.54, 1.807) is 34.8 Å². The minimum absolute atomic E-state index is 0.0268. The Kier molecular flexibility index (Phi) is 5.77. The smallest absolute Gasteiger partial charge is 0.244 e. The topological polar surface area (TPSA) is 35.9 Å². The first kappa shape index (κ1) is 15.3. The average molecular weight is 293 g/mol. The van der Waals surface area contributed by atoms with Crippen molar-refractivity contribution in [3.05, 3.63) is 0 Å². The average Bonchev–Trinajstić information content (AvgIpc) is 2.60. The summed E-state index contributed by atoms with van der Waals surface area (Å²) in [6.07, 6.45) is 2.00. The zero-order chi connectivity index (χ0) is 13.2. The van der Waals surface area contributed by atoms with E-state index in [4.69, 9.17) is 0 Å². The summed E-state index contributed by atoms with van der Waals surface area (Å²) in [4.78, 5) is 11.7. The molecule has 98 valence electrons. The highest BCUT2D eigenvalue weighted by Gasteiger charge is 2.38. The zero-order valence-corrected chi connectivity index (χ0v) is 13.7. The third-order valence-electron chi connectivity index (χ3n) is 2.21. The van der Waals surface area contributed by atoms with E-state index < -0.39 is 7.42 Å². The van der Waals surface area contributed by atoms with Gasteiger partial charge in [-0.25, -0.2) is 0 Å². The molecule has 1 aliphatic heterocycles. The molecule has 0 spiro atoms. The molecule has 0 aromatic rings. The second kappa shape index (κ2) is 6.41. The molecule has 1 amide bonds. The molecular formula is C10H20N3OPS2. The highest BCUT2D eigenvalue weighted by atomic mass is 32.7. The van der Waals surface area contributed by atoms with Crippen molar-refractivity contribution in [2.24, 2.45) is 5.10 Å². The molecule has 0 aromatic carbocycles. The summed E-state index contributed by atoms with van der Waals surface area (Å²) in [5.41, 5.74) is 0. The van der Waals surface area contributed by atoms with Gasteiger partial charge in [-0.05, 0) is 45.3 Å². The van der Waals surface area contributed by atoms with Crippen molar-refractivity contribution in [3.8, 4) is 0 Å². The molecule has 7 heteroatoms. The first-order chi connectivity index (χ1) is 7.88. The first-order valence-electron chi connectivity index (χ1n) is 5.58. The van der Waals surface area contributed by atoms with Crippen molar-refractivity contribution in [1.29, 1.82) is 0 Å². The minimum atomic E-state index is -0.726. The van der Waals surface area contributed by atoms with E-state index in [-0.39, 0.29) is 5.91 Å². The predicted octanol–water partition coefficient (Wildman–Crippen LogP) is 3.56. The standard InChI is InChI=1S/C10H20N3OPS2/c1-7(2)12(8(3)4)15-13(9(5)14)11-10(16-6)17-15/h7-8H,1-6H3. The van der Waals surface area contributed by atoms with Gasteiger partial charge in [0.1, 0.15) is 0 Å². The largest absolute Gasteiger partial charge is 0.273 e. The van der Waals surface area contributed by atoms with Crippen LogP contribution in [-0.2, 0) is 4.79 Å². The van der Waals surface area contributed by atoms with Gasteiger partial charge in [0, 0.05) is 19.0 Å². The van der Waals surface area contributed by atoms with E-state index in [2.05, 4.69) is 37.5 Å². The summed E-state index contributed by atoms with van der Waals surface area (Å²) in [7, 11) is -0.726. The molecule has 0 bridgehead atoms. The molecular weight excluding hydrogens is 273 g/mol. The van der Waals surface area contributed by atoms with Crippen LogP contribution in [0.3, 0.4) is 0 Å². The van der Waals surface area contributed by atoms with E-state index in [1.807, 2.05) is 6.26 Å². The number of hydrogen-bond donors (Lipinski definition) is 0. The van der Waals surface area contributed by atoms with Crippen molar-refractivity contribution in [3.63, 3.8) is 0 Å². The molecule has 17 heavy (non-hydrogen) atoms. The molecule has 0 aliphatic carbocycles. The normalized spacial score (nSPS) is 20.6. The Bertz CT molecular complexity index is 315. The third kappa shape index (κ3) is 3.60. The maximum Gasteiger partial charge on any atom is 0.244 e. The number of rotatable bonds is 3. The molecule has 0 N–H and O–H groups in total. The molecule has 0 saturated carbocycles. The van der Waals surface area contributed by atoms with Gasteiger partial charge >= 0.3 is 0 Å². The Labute approximate surface area is 113 Å². The Morgan fingerprint density at radius 1 is 1.41 bits per heavy atom. The van der Waals surface area contributed by atoms with Gasteiger partial charge in [0.05, 0.1) is 0 Å². The molecule has 0 saturated heterocycles. The van der Waals surface area contributed by atoms with Crippen LogP contribution in [0.4, 0.5) is 0 Å². The van der Waals surface area contributed by atoms with Gasteiger partial charge in [-0.2, -0.15) is 9.88 Å². The quantitative estimate of drug-likeness (QED) is 0.745. The zero-order valence-electron chi connectivity index (χ0n) is 11.2. The Hall–Kier alpha value is 0.230. The van der Waals surface area contributed by atoms with Crippen molar-refractivity contribution in [2.75, 3.05) is 6.26 Å². The minimum Gasteiger partial charge on any atom is -0.273 e. The highest BCUT2D eigenvalue weighted by molar-refractivity contribution is 8.69. The van der Waals surface area contributed by atoms with Crippen LogP contribution < -0.4 is 0 Å². The molecule has 0 aromatic heterocycles. The van der Waals surface area contributed by atoms with E-state index in [1.165, 1.54) is 0 Å². The summed E-state index contributed by atoms with van der Waals surface area (Å²) in [5, 5.41) is 4.39. The van der Waals surface area contributed by atoms with E-state index in [0.717, 1.165) is 4.38 Å². The van der Waals surface area contributed by atoms with E-state index in [9.17, 15) is 4.79 Å². The third-order valence-corrected chi connectivity index (χ3v) is 8.22. The van der Waals surface area contributed by atoms with Gasteiger partial charge in [-0.15, -0.1) is 11.8 Å². The fourth-order valence-electron chi connectivity index (χ4n) is 1.65. The van der Waals surface area contributed by atoms with Crippen LogP contribution in [0.15, 0.2) is 5.10 Å². The van der Waals surface area contributed by atoms with Crippen LogP contribution in [-0.4, -0.2) is 38.1 Å². The Morgan fingerprint density at radius 3 is 2.29 bits per heavy atom. The maximum absolute atomic E-state index is 11.7. The molecule has 1 unspecified atom stereocenters. The second-order valence-electron chi connectivity index (χ2n) is 4.29. The molecule has 1 aliphatic rings. The monoisotopic (exact) mass is 293 g/mol. The van der Waals surface area contributed by atoms with E-state index in [0.29, 0.717) is 12.1 Å². The Morgan fingerprint density at radius 2 is 1.94 bits per heavy atom. The molecule has 1 atom stereocenters. The summed E-state index contributed by atoms with van der Waals surface area (Å²) in [5.74, 6) is 0.0268. The van der Waals surface area contributed by atoms with E-state index >= 15 is 0 Å². The Balaban J connectivity index is 2.93. The lowest BCUT2D eigenvalue weighted by molar-refractivity contribution is -0.124. The van der Waals surface area contributed by atoms with Gasteiger partial charge in [-0.1, -0.05) is 0 Å². The summed E-state index contributed by atoms with van der Waals surface area (Å²) in [6.45, 7) is 10.2. The van der Waals surface area contributed by atoms with Crippen LogP contribution >= 0.6 is 30.6 Å². The number of nitrogens with zero attached hydrogens (tertiary/aromatic N) is 3. The van der Waals surface area contributed by atoms with Gasteiger partial charge in [0.2, 0.25) is 5.91 Å². The summed E-state index contributed by atoms with van der Waals surface area (Å²) >= 11 is 3.33. The SMILES string of the molecule is CSC1=NN(C(C)=O)P(N(C(C)C)C(C)C)S1. The van der Waals surface area contributed by atoms with Gasteiger partial charge in [-0.3, -0.25) is 9.46 Å². The van der Waals surface area contributed by atoms with Gasteiger partial charge < -0.3 is 0 Å². The van der Waals surface area contributed by atoms with Crippen LogP contribution in [0, 0.1) is 0 Å². The molecule has 0 fully saturated rings. The number of carbonyl (C=O) groups is 1. The second-order valence-corrected chi connectivity index (χ2v) is 8.79. The molecule has 0 radical (unpaired) electrons. The van der Waals surface area contributed by atoms with Gasteiger partial charge in [0.25, 0.3) is 0 Å². The molecule has 1 heterocycles. The highest BCUT2D eigenvalue weighted by Crippen LogP contribution is 2.63. The fourth-order valence-corrected chi connectivity index (χ4v) is 7.95. The van der Waals surface area contributed by atoms with Crippen LogP contribution in [0.25, 0.3) is 0 Å². The number of amides is 1. The summed E-state index contributed by atoms with van der Waals surface area (Å²) < 4.78 is 5.01. The molecule has 4 nitrogen and oxygen atoms in total. The number of carbonyl (C=O) groups excluding carboxylic acids is 1. The van der Waals surface area contributed by atoms with Crippen molar-refractivity contribution < 1.29 is 4.79 Å². The van der Waals surface area contributed by atoms with Crippen molar-refractivity contribution in [1.82, 2.24) is 9.45 Å². The lowest BCUT2D eigenvalue weighted by atomic mass is 10.3. The number of hydrogen-bond acceptors (Lipinski definition) is 5.